The van der Waals surface area contributed by atoms with Crippen LogP contribution in [0.15, 0.2) is 18.3 Å². The second-order valence-electron chi connectivity index (χ2n) is 5.51. The second kappa shape index (κ2) is 5.81. The van der Waals surface area contributed by atoms with Crippen LogP contribution in [0.4, 0.5) is 0 Å². The maximum Gasteiger partial charge on any atom is 0.280 e. The Morgan fingerprint density at radius 2 is 2.32 bits per heavy atom. The van der Waals surface area contributed by atoms with Gasteiger partial charge in [-0.05, 0) is 31.4 Å². The van der Waals surface area contributed by atoms with E-state index in [1.165, 1.54) is 29.1 Å². The molecule has 8 heteroatoms. The highest BCUT2D eigenvalue weighted by Gasteiger charge is 2.39. The maximum absolute atomic E-state index is 12.3. The summed E-state index contributed by atoms with van der Waals surface area (Å²) in [5.41, 5.74) is 0. The van der Waals surface area contributed by atoms with Crippen LogP contribution in [0.3, 0.4) is 0 Å². The number of hydrogen-bond acceptors (Lipinski definition) is 6. The molecular weight excluding hydrogens is 342 g/mol. The van der Waals surface area contributed by atoms with Crippen LogP contribution in [0.5, 0.6) is 10.3 Å². The molecular formula is C14H14ClN3O2S2. The van der Waals surface area contributed by atoms with E-state index < -0.39 is 0 Å². The van der Waals surface area contributed by atoms with Gasteiger partial charge < -0.3 is 15.4 Å². The number of halogens is 1. The molecule has 2 fully saturated rings. The fourth-order valence-electron chi connectivity index (χ4n) is 3.09. The van der Waals surface area contributed by atoms with Gasteiger partial charge in [0.25, 0.3) is 11.1 Å². The van der Waals surface area contributed by atoms with Gasteiger partial charge in [-0.15, -0.1) is 0 Å². The van der Waals surface area contributed by atoms with E-state index in [4.69, 9.17) is 16.3 Å². The number of hydrogen-bond donors (Lipinski definition) is 2. The average Bonchev–Trinajstić information content (AvgIpc) is 3.24. The molecule has 3 unspecified atom stereocenters. The first-order valence-corrected chi connectivity index (χ1v) is 9.14. The van der Waals surface area contributed by atoms with Crippen LogP contribution < -0.4 is 15.4 Å². The molecule has 2 aromatic rings. The molecule has 1 amide bonds. The summed E-state index contributed by atoms with van der Waals surface area (Å²) < 4.78 is 6.18. The number of ether oxygens (including phenoxy) is 1. The molecule has 2 N–H and O–H groups in total. The molecule has 4 rings (SSSR count). The largest absolute Gasteiger partial charge is 0.420 e. The van der Waals surface area contributed by atoms with Crippen molar-refractivity contribution in [3.05, 3.63) is 27.5 Å². The van der Waals surface area contributed by atoms with Crippen LogP contribution in [0.2, 0.25) is 4.34 Å². The first-order chi connectivity index (χ1) is 10.7. The van der Waals surface area contributed by atoms with Crippen molar-refractivity contribution in [1.82, 2.24) is 15.6 Å². The van der Waals surface area contributed by atoms with Crippen molar-refractivity contribution in [2.45, 2.75) is 37.4 Å². The minimum atomic E-state index is -0.0311. The summed E-state index contributed by atoms with van der Waals surface area (Å²) in [5, 5.41) is 7.77. The molecule has 0 spiro atoms. The molecule has 0 radical (unpaired) electrons. The summed E-state index contributed by atoms with van der Waals surface area (Å²) in [6, 6.07) is 4.82. The van der Waals surface area contributed by atoms with Gasteiger partial charge in [-0.1, -0.05) is 34.3 Å². The zero-order valence-corrected chi connectivity index (χ0v) is 13.9. The number of aromatic nitrogens is 1. The van der Waals surface area contributed by atoms with Crippen LogP contribution in [-0.2, 0) is 0 Å². The molecule has 116 valence electrons. The lowest BCUT2D eigenvalue weighted by atomic mass is 9.95. The van der Waals surface area contributed by atoms with E-state index in [9.17, 15) is 4.79 Å². The number of rotatable bonds is 4. The van der Waals surface area contributed by atoms with Gasteiger partial charge in [0, 0.05) is 18.1 Å². The third kappa shape index (κ3) is 2.86. The van der Waals surface area contributed by atoms with Gasteiger partial charge >= 0.3 is 0 Å². The van der Waals surface area contributed by atoms with E-state index in [0.717, 1.165) is 12.8 Å². The molecule has 5 nitrogen and oxygen atoms in total. The Hall–Kier alpha value is -1.15. The van der Waals surface area contributed by atoms with Crippen molar-refractivity contribution in [3.8, 4) is 10.3 Å². The van der Waals surface area contributed by atoms with Crippen molar-refractivity contribution in [2.24, 2.45) is 0 Å². The van der Waals surface area contributed by atoms with Gasteiger partial charge in [-0.25, -0.2) is 4.98 Å². The molecule has 22 heavy (non-hydrogen) atoms. The minimum Gasteiger partial charge on any atom is -0.420 e. The molecule has 2 aliphatic rings. The van der Waals surface area contributed by atoms with E-state index in [1.807, 2.05) is 0 Å². The van der Waals surface area contributed by atoms with Gasteiger partial charge in [0.2, 0.25) is 0 Å². The molecule has 2 bridgehead atoms. The molecule has 2 aromatic heterocycles. The zero-order valence-electron chi connectivity index (χ0n) is 11.5. The highest BCUT2D eigenvalue weighted by molar-refractivity contribution is 7.18. The molecule has 2 aliphatic heterocycles. The summed E-state index contributed by atoms with van der Waals surface area (Å²) in [4.78, 5) is 17.0. The second-order valence-corrected chi connectivity index (χ2v) is 8.18. The molecule has 3 atom stereocenters. The smallest absolute Gasteiger partial charge is 0.280 e. The summed E-state index contributed by atoms with van der Waals surface area (Å²) in [6.07, 6.45) is 4.96. The summed E-state index contributed by atoms with van der Waals surface area (Å²) >= 11 is 8.40. The van der Waals surface area contributed by atoms with Crippen LogP contribution in [0, 0.1) is 0 Å². The van der Waals surface area contributed by atoms with Gasteiger partial charge in [0.1, 0.15) is 4.34 Å². The predicted octanol–water partition coefficient (Wildman–Crippen LogP) is 3.27. The fourth-order valence-corrected chi connectivity index (χ4v) is 4.66. The lowest BCUT2D eigenvalue weighted by Crippen LogP contribution is -2.42. The van der Waals surface area contributed by atoms with Crippen molar-refractivity contribution in [1.29, 1.82) is 0 Å². The van der Waals surface area contributed by atoms with E-state index in [0.29, 0.717) is 31.6 Å². The van der Waals surface area contributed by atoms with Crippen LogP contribution in [0.1, 0.15) is 28.9 Å². The van der Waals surface area contributed by atoms with E-state index >= 15 is 0 Å². The number of amides is 1. The first kappa shape index (κ1) is 14.4. The lowest BCUT2D eigenvalue weighted by Gasteiger charge is -2.20. The molecule has 4 heterocycles. The Labute approximate surface area is 140 Å². The quantitative estimate of drug-likeness (QED) is 0.883. The fraction of sp³-hybridized carbons (Fsp3) is 0.429. The van der Waals surface area contributed by atoms with E-state index in [-0.39, 0.29) is 11.9 Å². The van der Waals surface area contributed by atoms with Crippen LogP contribution in [0.25, 0.3) is 0 Å². The molecule has 0 aliphatic carbocycles. The number of carbonyl (C=O) groups excluding carboxylic acids is 1. The van der Waals surface area contributed by atoms with Gasteiger partial charge in [0.15, 0.2) is 5.06 Å². The normalized spacial score (nSPS) is 26.3. The Bertz CT molecular complexity index is 702. The van der Waals surface area contributed by atoms with Crippen molar-refractivity contribution in [2.75, 3.05) is 0 Å². The zero-order chi connectivity index (χ0) is 15.1. The number of thiophene rings is 1. The number of nitrogens with zero attached hydrogens (tertiary/aromatic N) is 1. The average molecular weight is 356 g/mol. The Kier molecular flexibility index (Phi) is 3.81. The van der Waals surface area contributed by atoms with Crippen molar-refractivity contribution >= 4 is 40.2 Å². The Morgan fingerprint density at radius 3 is 3.00 bits per heavy atom. The van der Waals surface area contributed by atoms with Crippen molar-refractivity contribution < 1.29 is 9.53 Å². The van der Waals surface area contributed by atoms with Crippen molar-refractivity contribution in [3.63, 3.8) is 0 Å². The van der Waals surface area contributed by atoms with Crippen LogP contribution >= 0.6 is 34.3 Å². The topological polar surface area (TPSA) is 63.2 Å². The summed E-state index contributed by atoms with van der Waals surface area (Å²) in [6.45, 7) is 0. The first-order valence-electron chi connectivity index (χ1n) is 7.13. The van der Waals surface area contributed by atoms with E-state index in [1.54, 1.807) is 18.3 Å². The third-order valence-electron chi connectivity index (χ3n) is 4.07. The highest BCUT2D eigenvalue weighted by atomic mass is 35.5. The molecule has 0 saturated carbocycles. The van der Waals surface area contributed by atoms with E-state index in [2.05, 4.69) is 15.6 Å². The summed E-state index contributed by atoms with van der Waals surface area (Å²) in [7, 11) is 0. The van der Waals surface area contributed by atoms with Crippen LogP contribution in [-0.4, -0.2) is 29.0 Å². The van der Waals surface area contributed by atoms with Gasteiger partial charge in [-0.3, -0.25) is 4.79 Å². The van der Waals surface area contributed by atoms with Gasteiger partial charge in [0.05, 0.1) is 11.1 Å². The Balaban J connectivity index is 1.39. The monoisotopic (exact) mass is 355 g/mol. The molecule has 2 saturated heterocycles. The standard InChI is InChI=1S/C14H14ClN3O2S2/c15-11-6-16-14(22-11)20-12-4-3-10(21-12)13(19)18-9-5-7-1-2-8(9)17-7/h3-4,6-9,17H,1-2,5H2,(H,18,19). The third-order valence-corrected chi connectivity index (χ3v) is 6.02. The highest BCUT2D eigenvalue weighted by Crippen LogP contribution is 2.34. The number of carbonyl (C=O) groups is 1. The minimum absolute atomic E-state index is 0.0311. The number of fused-ring (bicyclic) bond motifs is 2. The number of nitrogens with one attached hydrogen (secondary N) is 2. The maximum atomic E-state index is 12.3. The Morgan fingerprint density at radius 1 is 1.41 bits per heavy atom. The predicted molar refractivity (Wildman–Crippen MR) is 87.3 cm³/mol. The lowest BCUT2D eigenvalue weighted by molar-refractivity contribution is 0.0935. The molecule has 0 aromatic carbocycles. The SMILES string of the molecule is O=C(NC1CC2CCC1N2)c1ccc(Oc2ncc(Cl)s2)s1. The van der Waals surface area contributed by atoms with Gasteiger partial charge in [-0.2, -0.15) is 0 Å². The number of thiazole rings is 1. The summed E-state index contributed by atoms with van der Waals surface area (Å²) in [5.74, 6) is -0.0311.